The number of nitrogens with zero attached hydrogens (tertiary/aromatic N) is 2. The van der Waals surface area contributed by atoms with Gasteiger partial charge in [-0.3, -0.25) is 14.5 Å². The Hall–Kier alpha value is -3.14. The Bertz CT molecular complexity index is 1470. The minimum atomic E-state index is -0.464. The van der Waals surface area contributed by atoms with E-state index in [0.29, 0.717) is 53.3 Å². The third-order valence-electron chi connectivity index (χ3n) is 8.47. The number of likely N-dealkylation sites (N-methyl/N-ethyl adjacent to an activating group) is 1. The van der Waals surface area contributed by atoms with E-state index < -0.39 is 6.04 Å². The molecule has 10 heteroatoms. The summed E-state index contributed by atoms with van der Waals surface area (Å²) in [7, 11) is 2.03. The predicted octanol–water partition coefficient (Wildman–Crippen LogP) is 7.10. The van der Waals surface area contributed by atoms with Crippen molar-refractivity contribution in [2.75, 3.05) is 38.7 Å². The van der Waals surface area contributed by atoms with E-state index in [0.717, 1.165) is 30.4 Å². The maximum absolute atomic E-state index is 14.4. The molecule has 0 aliphatic carbocycles. The molecule has 0 saturated heterocycles. The second kappa shape index (κ2) is 17.9. The number of aliphatic hydroxyl groups is 1. The van der Waals surface area contributed by atoms with E-state index in [1.165, 1.54) is 0 Å². The van der Waals surface area contributed by atoms with Gasteiger partial charge in [-0.2, -0.15) is 0 Å². The average Bonchev–Trinajstić information content (AvgIpc) is 3.04. The van der Waals surface area contributed by atoms with E-state index >= 15 is 0 Å². The number of hydrogen-bond donors (Lipinski definition) is 2. The number of carbonyl (C=O) groups is 2. The summed E-state index contributed by atoms with van der Waals surface area (Å²) in [5, 5.41) is 14.2. The Morgan fingerprint density at radius 2 is 1.81 bits per heavy atom. The monoisotopic (exact) mass is 683 g/mol. The molecule has 1 aliphatic heterocycles. The van der Waals surface area contributed by atoms with Crippen molar-refractivity contribution < 1.29 is 24.2 Å². The van der Waals surface area contributed by atoms with Crippen LogP contribution in [0.4, 0.5) is 5.69 Å². The molecule has 1 heterocycles. The molecule has 1 aliphatic rings. The first-order valence-electron chi connectivity index (χ1n) is 16.3. The summed E-state index contributed by atoms with van der Waals surface area (Å²) in [6.07, 6.45) is 2.48. The molecule has 0 spiro atoms. The lowest BCUT2D eigenvalue weighted by atomic mass is 10.0. The first kappa shape index (κ1) is 36.7. The molecular formula is C37H47Cl2N3O5. The fourth-order valence-corrected chi connectivity index (χ4v) is 6.09. The smallest absolute Gasteiger partial charge is 0.258 e. The third kappa shape index (κ3) is 10.9. The summed E-state index contributed by atoms with van der Waals surface area (Å²) >= 11 is 12.4. The molecule has 4 atom stereocenters. The first-order valence-corrected chi connectivity index (χ1v) is 17.1. The average molecular weight is 685 g/mol. The number of nitrogens with one attached hydrogen (secondary N) is 1. The quantitative estimate of drug-likeness (QED) is 0.250. The van der Waals surface area contributed by atoms with Gasteiger partial charge in [0.1, 0.15) is 5.75 Å². The summed E-state index contributed by atoms with van der Waals surface area (Å²) in [6, 6.07) is 19.9. The molecule has 0 bridgehead atoms. The molecule has 3 aromatic rings. The number of benzene rings is 3. The second-order valence-electron chi connectivity index (χ2n) is 12.7. The summed E-state index contributed by atoms with van der Waals surface area (Å²) in [6.45, 7) is 7.92. The summed E-state index contributed by atoms with van der Waals surface area (Å²) in [5.41, 5.74) is 2.78. The molecule has 0 radical (unpaired) electrons. The number of aliphatic hydroxyl groups excluding tert-OH is 1. The van der Waals surface area contributed by atoms with Crippen LogP contribution in [0.15, 0.2) is 66.7 Å². The number of fused-ring (bicyclic) bond motifs is 1. The van der Waals surface area contributed by atoms with Gasteiger partial charge in [0, 0.05) is 37.8 Å². The summed E-state index contributed by atoms with van der Waals surface area (Å²) < 4.78 is 12.8. The van der Waals surface area contributed by atoms with Crippen molar-refractivity contribution in [3.8, 4) is 5.75 Å². The highest BCUT2D eigenvalue weighted by Crippen LogP contribution is 2.29. The number of hydrogen-bond acceptors (Lipinski definition) is 6. The van der Waals surface area contributed by atoms with Crippen LogP contribution >= 0.6 is 23.2 Å². The normalized spacial score (nSPS) is 20.2. The lowest BCUT2D eigenvalue weighted by Gasteiger charge is -2.36. The van der Waals surface area contributed by atoms with Gasteiger partial charge < -0.3 is 24.8 Å². The van der Waals surface area contributed by atoms with E-state index in [1.54, 1.807) is 29.2 Å². The van der Waals surface area contributed by atoms with Crippen molar-refractivity contribution >= 4 is 40.7 Å². The maximum Gasteiger partial charge on any atom is 0.258 e. The number of carbonyl (C=O) groups excluding carboxylic acids is 2. The molecule has 4 rings (SSSR count). The molecular weight excluding hydrogens is 637 g/mol. The van der Waals surface area contributed by atoms with E-state index in [1.807, 2.05) is 63.4 Å². The van der Waals surface area contributed by atoms with Gasteiger partial charge in [-0.25, -0.2) is 0 Å². The maximum atomic E-state index is 14.4. The van der Waals surface area contributed by atoms with Crippen LogP contribution in [0.25, 0.3) is 0 Å². The van der Waals surface area contributed by atoms with Gasteiger partial charge in [0.15, 0.2) is 0 Å². The van der Waals surface area contributed by atoms with Crippen LogP contribution in [0.5, 0.6) is 5.75 Å². The number of ether oxygens (including phenoxy) is 2. The van der Waals surface area contributed by atoms with Crippen LogP contribution in [0.2, 0.25) is 10.0 Å². The van der Waals surface area contributed by atoms with Gasteiger partial charge in [0.05, 0.1) is 46.9 Å². The zero-order chi connectivity index (χ0) is 33.9. The molecule has 2 amide bonds. The van der Waals surface area contributed by atoms with Crippen molar-refractivity contribution in [1.29, 1.82) is 0 Å². The minimum Gasteiger partial charge on any atom is -0.490 e. The Morgan fingerprint density at radius 3 is 2.53 bits per heavy atom. The van der Waals surface area contributed by atoms with Crippen LogP contribution in [0, 0.1) is 5.92 Å². The van der Waals surface area contributed by atoms with Gasteiger partial charge in [-0.15, -0.1) is 0 Å². The van der Waals surface area contributed by atoms with Crippen molar-refractivity contribution in [3.63, 3.8) is 0 Å². The summed E-state index contributed by atoms with van der Waals surface area (Å²) in [5.74, 6) is -0.0699. The van der Waals surface area contributed by atoms with Gasteiger partial charge in [0.2, 0.25) is 5.91 Å². The highest BCUT2D eigenvalue weighted by Gasteiger charge is 2.30. The Kier molecular flexibility index (Phi) is 13.9. The molecule has 0 aromatic heterocycles. The van der Waals surface area contributed by atoms with E-state index in [9.17, 15) is 14.7 Å². The molecule has 254 valence electrons. The van der Waals surface area contributed by atoms with E-state index in [2.05, 4.69) is 17.1 Å². The van der Waals surface area contributed by atoms with Crippen molar-refractivity contribution in [1.82, 2.24) is 9.80 Å². The van der Waals surface area contributed by atoms with Crippen LogP contribution in [0.1, 0.15) is 61.5 Å². The minimum absolute atomic E-state index is 0.0656. The molecule has 0 unspecified atom stereocenters. The highest BCUT2D eigenvalue weighted by atomic mass is 35.5. The van der Waals surface area contributed by atoms with Gasteiger partial charge in [0.25, 0.3) is 5.91 Å². The molecule has 3 aromatic carbocycles. The summed E-state index contributed by atoms with van der Waals surface area (Å²) in [4.78, 5) is 31.1. The topological polar surface area (TPSA) is 91.3 Å². The van der Waals surface area contributed by atoms with Crippen molar-refractivity contribution in [2.24, 2.45) is 5.92 Å². The van der Waals surface area contributed by atoms with Crippen LogP contribution in [-0.4, -0.2) is 78.3 Å². The first-order chi connectivity index (χ1) is 22.5. The molecule has 2 N–H and O–H groups in total. The van der Waals surface area contributed by atoms with E-state index in [-0.39, 0.29) is 43.0 Å². The number of rotatable bonds is 9. The zero-order valence-electron chi connectivity index (χ0n) is 27.8. The lowest BCUT2D eigenvalue weighted by molar-refractivity contribution is -0.115. The fraction of sp³-hybridized carbons (Fsp3) is 0.459. The fourth-order valence-electron chi connectivity index (χ4n) is 5.77. The van der Waals surface area contributed by atoms with Gasteiger partial charge >= 0.3 is 0 Å². The standard InChI is InChI=1S/C37H47Cl2N3O5/c1-25-21-42(26(2)24-43)37(45)31-20-30(40-36(44)19-28-11-6-5-7-12-28)14-16-34(31)47-27(3)10-8-9-17-46-35(25)23-41(4)22-29-13-15-32(38)33(39)18-29/h5-7,11-16,18,20,25-27,35,43H,8-10,17,19,21-24H2,1-4H3,(H,40,44)/t25-,26+,27-,35-/m1/s1. The van der Waals surface area contributed by atoms with Crippen LogP contribution in [0.3, 0.4) is 0 Å². The van der Waals surface area contributed by atoms with Crippen LogP contribution < -0.4 is 10.1 Å². The largest absolute Gasteiger partial charge is 0.490 e. The molecule has 0 fully saturated rings. The highest BCUT2D eigenvalue weighted by molar-refractivity contribution is 6.42. The van der Waals surface area contributed by atoms with Crippen molar-refractivity contribution in [3.05, 3.63) is 93.5 Å². The van der Waals surface area contributed by atoms with Crippen LogP contribution in [-0.2, 0) is 22.5 Å². The predicted molar refractivity (Wildman–Crippen MR) is 188 cm³/mol. The SMILES string of the molecule is C[C@@H]1CCCCO[C@H](CN(C)Cc2ccc(Cl)c(Cl)c2)[C@H](C)CN([C@@H](C)CO)C(=O)c2cc(NC(=O)Cc3ccccc3)ccc2O1. The Labute approximate surface area is 288 Å². The van der Waals surface area contributed by atoms with E-state index in [4.69, 9.17) is 32.7 Å². The Balaban J connectivity index is 1.58. The third-order valence-corrected chi connectivity index (χ3v) is 9.21. The number of anilines is 1. The number of amides is 2. The molecule has 0 saturated carbocycles. The number of halogens is 2. The lowest BCUT2D eigenvalue weighted by Crippen LogP contribution is -2.47. The zero-order valence-corrected chi connectivity index (χ0v) is 29.3. The van der Waals surface area contributed by atoms with Gasteiger partial charge in [-0.05, 0) is 81.6 Å². The molecule has 47 heavy (non-hydrogen) atoms. The van der Waals surface area contributed by atoms with Gasteiger partial charge in [-0.1, -0.05) is 66.5 Å². The van der Waals surface area contributed by atoms with Crippen molar-refractivity contribution in [2.45, 2.75) is 71.2 Å². The molecule has 8 nitrogen and oxygen atoms in total. The second-order valence-corrected chi connectivity index (χ2v) is 13.5. The Morgan fingerprint density at radius 1 is 1.04 bits per heavy atom.